The number of likely N-dealkylation sites (tertiary alicyclic amines) is 1. The Labute approximate surface area is 161 Å². The molecule has 0 radical (unpaired) electrons. The molecule has 26 heavy (non-hydrogen) atoms. The van der Waals surface area contributed by atoms with E-state index in [-0.39, 0.29) is 36.6 Å². The lowest BCUT2D eigenvalue weighted by Crippen LogP contribution is -2.47. The molecule has 0 aromatic rings. The van der Waals surface area contributed by atoms with Crippen LogP contribution in [0, 0.1) is 11.8 Å². The van der Waals surface area contributed by atoms with Crippen LogP contribution in [0.25, 0.3) is 0 Å². The van der Waals surface area contributed by atoms with Gasteiger partial charge in [-0.15, -0.1) is 12.4 Å². The highest BCUT2D eigenvalue weighted by Crippen LogP contribution is 2.21. The van der Waals surface area contributed by atoms with E-state index in [1.165, 1.54) is 0 Å². The molecule has 2 rings (SSSR count). The minimum absolute atomic E-state index is 0. The molecule has 2 atom stereocenters. The van der Waals surface area contributed by atoms with Crippen LogP contribution in [0.1, 0.15) is 51.9 Å². The first-order valence-corrected chi connectivity index (χ1v) is 9.46. The van der Waals surface area contributed by atoms with Gasteiger partial charge in [0.1, 0.15) is 0 Å². The van der Waals surface area contributed by atoms with E-state index < -0.39 is 12.0 Å². The Morgan fingerprint density at radius 1 is 1.23 bits per heavy atom. The number of hydrogen-bond acceptors (Lipinski definition) is 4. The molecule has 0 unspecified atom stereocenters. The van der Waals surface area contributed by atoms with Crippen LogP contribution in [0.4, 0.5) is 0 Å². The fraction of sp³-hybridized carbons (Fsp3) is 0.833. The van der Waals surface area contributed by atoms with Crippen molar-refractivity contribution < 1.29 is 19.5 Å². The normalized spacial score (nSPS) is 22.2. The second-order valence-corrected chi connectivity index (χ2v) is 7.42. The molecule has 150 valence electrons. The summed E-state index contributed by atoms with van der Waals surface area (Å²) in [5, 5.41) is 14.9. The fourth-order valence-electron chi connectivity index (χ4n) is 3.75. The van der Waals surface area contributed by atoms with E-state index in [9.17, 15) is 14.4 Å². The number of nitrogens with zero attached hydrogens (tertiary/aromatic N) is 1. The number of piperidine rings is 2. The summed E-state index contributed by atoms with van der Waals surface area (Å²) in [5.41, 5.74) is 0. The average Bonchev–Trinajstić information content (AvgIpc) is 2.60. The van der Waals surface area contributed by atoms with Crippen LogP contribution in [0.5, 0.6) is 0 Å². The molecule has 0 aliphatic carbocycles. The van der Waals surface area contributed by atoms with E-state index in [0.717, 1.165) is 51.7 Å². The standard InChI is InChI=1S/C18H31N3O4.ClH/c1-13(11-17(23)24)20-18(25)15-3-2-10-21(12-15)16(22)5-4-14-6-8-19-9-7-14;/h13-15,19H,2-12H2,1H3,(H,20,25)(H,23,24);1H/t13-,15-;/m1./s1. The van der Waals surface area contributed by atoms with E-state index >= 15 is 0 Å². The summed E-state index contributed by atoms with van der Waals surface area (Å²) in [7, 11) is 0. The summed E-state index contributed by atoms with van der Waals surface area (Å²) in [6.45, 7) is 4.95. The van der Waals surface area contributed by atoms with Crippen LogP contribution < -0.4 is 10.6 Å². The third-order valence-electron chi connectivity index (χ3n) is 5.24. The number of halogens is 1. The summed E-state index contributed by atoms with van der Waals surface area (Å²) in [6.07, 6.45) is 5.27. The Balaban J connectivity index is 0.00000338. The van der Waals surface area contributed by atoms with Crippen molar-refractivity contribution in [2.45, 2.75) is 57.9 Å². The molecule has 0 saturated carbocycles. The van der Waals surface area contributed by atoms with Gasteiger partial charge >= 0.3 is 5.97 Å². The number of carboxylic acid groups (broad SMARTS) is 1. The Morgan fingerprint density at radius 2 is 1.92 bits per heavy atom. The summed E-state index contributed by atoms with van der Waals surface area (Å²) in [6, 6.07) is -0.393. The zero-order valence-electron chi connectivity index (χ0n) is 15.5. The van der Waals surface area contributed by atoms with E-state index in [4.69, 9.17) is 5.11 Å². The molecule has 2 fully saturated rings. The second kappa shape index (κ2) is 11.4. The van der Waals surface area contributed by atoms with Gasteiger partial charge in [-0.2, -0.15) is 0 Å². The number of carboxylic acids is 1. The quantitative estimate of drug-likeness (QED) is 0.611. The Bertz CT molecular complexity index is 483. The molecule has 7 nitrogen and oxygen atoms in total. The lowest BCUT2D eigenvalue weighted by molar-refractivity contribution is -0.137. The maximum atomic E-state index is 12.5. The summed E-state index contributed by atoms with van der Waals surface area (Å²) >= 11 is 0. The molecule has 0 spiro atoms. The smallest absolute Gasteiger partial charge is 0.305 e. The number of carbonyl (C=O) groups excluding carboxylic acids is 2. The highest BCUT2D eigenvalue weighted by Gasteiger charge is 2.29. The van der Waals surface area contributed by atoms with Gasteiger partial charge in [-0.05, 0) is 58.0 Å². The van der Waals surface area contributed by atoms with Gasteiger partial charge in [0.05, 0.1) is 12.3 Å². The van der Waals surface area contributed by atoms with Crippen molar-refractivity contribution in [2.24, 2.45) is 11.8 Å². The number of amides is 2. The summed E-state index contributed by atoms with van der Waals surface area (Å²) in [5.74, 6) is -0.510. The molecule has 8 heteroatoms. The topological polar surface area (TPSA) is 98.7 Å². The average molecular weight is 390 g/mol. The number of nitrogens with one attached hydrogen (secondary N) is 2. The van der Waals surface area contributed by atoms with Crippen LogP contribution in [-0.4, -0.2) is 60.0 Å². The molecular weight excluding hydrogens is 358 g/mol. The van der Waals surface area contributed by atoms with Gasteiger partial charge in [0.2, 0.25) is 11.8 Å². The maximum Gasteiger partial charge on any atom is 0.305 e. The lowest BCUT2D eigenvalue weighted by Gasteiger charge is -2.33. The highest BCUT2D eigenvalue weighted by molar-refractivity contribution is 5.85. The molecule has 0 aromatic heterocycles. The lowest BCUT2D eigenvalue weighted by atomic mass is 9.92. The van der Waals surface area contributed by atoms with Gasteiger partial charge in [-0.3, -0.25) is 14.4 Å². The van der Waals surface area contributed by atoms with Crippen LogP contribution in [-0.2, 0) is 14.4 Å². The zero-order valence-corrected chi connectivity index (χ0v) is 16.4. The maximum absolute atomic E-state index is 12.5. The minimum atomic E-state index is -0.925. The van der Waals surface area contributed by atoms with Gasteiger partial charge in [0.25, 0.3) is 0 Å². The third kappa shape index (κ3) is 7.50. The molecule has 0 bridgehead atoms. The molecule has 2 aliphatic heterocycles. The Morgan fingerprint density at radius 3 is 2.58 bits per heavy atom. The number of aliphatic carboxylic acids is 1. The van der Waals surface area contributed by atoms with Crippen molar-refractivity contribution in [2.75, 3.05) is 26.2 Å². The first-order valence-electron chi connectivity index (χ1n) is 9.46. The number of rotatable bonds is 7. The first-order chi connectivity index (χ1) is 12.0. The second-order valence-electron chi connectivity index (χ2n) is 7.42. The van der Waals surface area contributed by atoms with Crippen LogP contribution >= 0.6 is 12.4 Å². The van der Waals surface area contributed by atoms with Crippen molar-refractivity contribution in [3.8, 4) is 0 Å². The molecular formula is C18H32ClN3O4. The monoisotopic (exact) mass is 389 g/mol. The van der Waals surface area contributed by atoms with E-state index in [1.54, 1.807) is 6.92 Å². The predicted octanol–water partition coefficient (Wildman–Crippen LogP) is 1.41. The van der Waals surface area contributed by atoms with E-state index in [2.05, 4.69) is 10.6 Å². The molecule has 2 saturated heterocycles. The van der Waals surface area contributed by atoms with Crippen molar-refractivity contribution in [1.82, 2.24) is 15.5 Å². The highest BCUT2D eigenvalue weighted by atomic mass is 35.5. The predicted molar refractivity (Wildman–Crippen MR) is 101 cm³/mol. The largest absolute Gasteiger partial charge is 0.481 e. The summed E-state index contributed by atoms with van der Waals surface area (Å²) in [4.78, 5) is 37.3. The van der Waals surface area contributed by atoms with Gasteiger partial charge < -0.3 is 20.6 Å². The van der Waals surface area contributed by atoms with E-state index in [1.807, 2.05) is 4.90 Å². The molecule has 3 N–H and O–H groups in total. The van der Waals surface area contributed by atoms with Crippen molar-refractivity contribution in [1.29, 1.82) is 0 Å². The van der Waals surface area contributed by atoms with Gasteiger partial charge in [-0.1, -0.05) is 0 Å². The van der Waals surface area contributed by atoms with Crippen LogP contribution in [0.15, 0.2) is 0 Å². The van der Waals surface area contributed by atoms with Crippen molar-refractivity contribution in [3.05, 3.63) is 0 Å². The van der Waals surface area contributed by atoms with Crippen molar-refractivity contribution in [3.63, 3.8) is 0 Å². The minimum Gasteiger partial charge on any atom is -0.481 e. The number of carbonyl (C=O) groups is 3. The Kier molecular flexibility index (Phi) is 9.94. The third-order valence-corrected chi connectivity index (χ3v) is 5.24. The van der Waals surface area contributed by atoms with Crippen LogP contribution in [0.2, 0.25) is 0 Å². The molecule has 2 heterocycles. The van der Waals surface area contributed by atoms with Crippen molar-refractivity contribution >= 4 is 30.2 Å². The molecule has 0 aromatic carbocycles. The van der Waals surface area contributed by atoms with Gasteiger partial charge in [-0.25, -0.2) is 0 Å². The van der Waals surface area contributed by atoms with Crippen LogP contribution in [0.3, 0.4) is 0 Å². The Hall–Kier alpha value is -1.34. The number of hydrogen-bond donors (Lipinski definition) is 3. The van der Waals surface area contributed by atoms with E-state index in [0.29, 0.717) is 18.9 Å². The molecule has 2 amide bonds. The summed E-state index contributed by atoms with van der Waals surface area (Å²) < 4.78 is 0. The van der Waals surface area contributed by atoms with Gasteiger partial charge in [0, 0.05) is 25.6 Å². The fourth-order valence-corrected chi connectivity index (χ4v) is 3.75. The SMILES string of the molecule is C[C@H](CC(=O)O)NC(=O)[C@@H]1CCCN(C(=O)CCC2CCNCC2)C1.Cl. The molecule has 2 aliphatic rings. The zero-order chi connectivity index (χ0) is 18.2. The van der Waals surface area contributed by atoms with Gasteiger partial charge in [0.15, 0.2) is 0 Å². The first kappa shape index (κ1) is 22.7.